The number of hydrogen-bond donors (Lipinski definition) is 1. The van der Waals surface area contributed by atoms with Gasteiger partial charge in [0.15, 0.2) is 0 Å². The summed E-state index contributed by atoms with van der Waals surface area (Å²) in [5.41, 5.74) is 1.69. The van der Waals surface area contributed by atoms with Gasteiger partial charge in [-0.3, -0.25) is 4.79 Å². The van der Waals surface area contributed by atoms with E-state index in [1.54, 1.807) is 37.3 Å². The Labute approximate surface area is 161 Å². The summed E-state index contributed by atoms with van der Waals surface area (Å²) in [6.45, 7) is 4.48. The monoisotopic (exact) mass is 417 g/mol. The topological polar surface area (TPSA) is 64.6 Å². The minimum atomic E-state index is -0.422. The summed E-state index contributed by atoms with van der Waals surface area (Å²) in [4.78, 5) is 23.9. The van der Waals surface area contributed by atoms with Crippen molar-refractivity contribution >= 4 is 39.6 Å². The third-order valence-electron chi connectivity index (χ3n) is 3.33. The molecule has 0 bridgehead atoms. The molecule has 0 saturated heterocycles. The number of esters is 1. The molecule has 1 N–H and O–H groups in total. The van der Waals surface area contributed by atoms with Crippen LogP contribution in [0.3, 0.4) is 0 Å². The first-order valence-electron chi connectivity index (χ1n) is 8.22. The molecule has 0 spiro atoms. The highest BCUT2D eigenvalue weighted by atomic mass is 79.9. The lowest BCUT2D eigenvalue weighted by Gasteiger charge is -2.08. The first-order valence-corrected chi connectivity index (χ1v) is 9.01. The minimum absolute atomic E-state index is 0.299. The number of benzene rings is 2. The molecule has 0 aromatic heterocycles. The lowest BCUT2D eigenvalue weighted by atomic mass is 10.2. The zero-order valence-electron chi connectivity index (χ0n) is 14.6. The largest absolute Gasteiger partial charge is 0.493 e. The third-order valence-corrected chi connectivity index (χ3v) is 3.82. The maximum Gasteiger partial charge on any atom is 0.338 e. The van der Waals surface area contributed by atoms with Crippen LogP contribution in [-0.2, 0) is 9.53 Å². The predicted octanol–water partition coefficient (Wildman–Crippen LogP) is 4.68. The van der Waals surface area contributed by atoms with Crippen molar-refractivity contribution in [3.63, 3.8) is 0 Å². The van der Waals surface area contributed by atoms with E-state index in [-0.39, 0.29) is 5.91 Å². The van der Waals surface area contributed by atoms with Crippen molar-refractivity contribution in [1.82, 2.24) is 0 Å². The van der Waals surface area contributed by atoms with Crippen molar-refractivity contribution in [3.05, 3.63) is 64.1 Å². The molecule has 0 aliphatic heterocycles. The molecule has 0 saturated carbocycles. The summed E-state index contributed by atoms with van der Waals surface area (Å²) >= 11 is 3.41. The van der Waals surface area contributed by atoms with Gasteiger partial charge in [-0.1, -0.05) is 22.0 Å². The SMILES string of the molecule is CCOC(=O)c1cccc(NC(=O)C=Cc2cc(Br)ccc2OCC)c1. The number of anilines is 1. The van der Waals surface area contributed by atoms with Gasteiger partial charge < -0.3 is 14.8 Å². The van der Waals surface area contributed by atoms with Crippen LogP contribution in [0.25, 0.3) is 6.08 Å². The van der Waals surface area contributed by atoms with Gasteiger partial charge in [-0.2, -0.15) is 0 Å². The van der Waals surface area contributed by atoms with Gasteiger partial charge in [-0.25, -0.2) is 4.79 Å². The molecule has 136 valence electrons. The average Bonchev–Trinajstić information content (AvgIpc) is 2.62. The molecule has 2 aromatic carbocycles. The van der Waals surface area contributed by atoms with Gasteiger partial charge in [0.1, 0.15) is 5.75 Å². The van der Waals surface area contributed by atoms with E-state index in [1.807, 2.05) is 25.1 Å². The average molecular weight is 418 g/mol. The normalized spacial score (nSPS) is 10.6. The predicted molar refractivity (Wildman–Crippen MR) is 105 cm³/mol. The molecule has 0 fully saturated rings. The number of ether oxygens (including phenoxy) is 2. The van der Waals surface area contributed by atoms with Crippen molar-refractivity contribution in [1.29, 1.82) is 0 Å². The maximum atomic E-state index is 12.2. The summed E-state index contributed by atoms with van der Waals surface area (Å²) in [7, 11) is 0. The van der Waals surface area contributed by atoms with Gasteiger partial charge in [0.25, 0.3) is 0 Å². The second-order valence-corrected chi connectivity index (χ2v) is 6.15. The highest BCUT2D eigenvalue weighted by molar-refractivity contribution is 9.10. The molecule has 0 unspecified atom stereocenters. The molecule has 0 radical (unpaired) electrons. The second kappa shape index (κ2) is 9.77. The standard InChI is InChI=1S/C20H20BrNO4/c1-3-25-18-10-9-16(21)12-14(18)8-11-19(23)22-17-7-5-6-15(13-17)20(24)26-4-2/h5-13H,3-4H2,1-2H3,(H,22,23). The molecule has 6 heteroatoms. The van der Waals surface area contributed by atoms with Gasteiger partial charge in [-0.15, -0.1) is 0 Å². The van der Waals surface area contributed by atoms with E-state index < -0.39 is 5.97 Å². The van der Waals surface area contributed by atoms with Gasteiger partial charge in [0, 0.05) is 21.8 Å². The van der Waals surface area contributed by atoms with Crippen LogP contribution in [0, 0.1) is 0 Å². The van der Waals surface area contributed by atoms with E-state index in [9.17, 15) is 9.59 Å². The summed E-state index contributed by atoms with van der Waals surface area (Å²) in [5, 5.41) is 2.73. The molecule has 0 heterocycles. The van der Waals surface area contributed by atoms with Crippen LogP contribution >= 0.6 is 15.9 Å². The van der Waals surface area contributed by atoms with Gasteiger partial charge in [-0.05, 0) is 56.3 Å². The quantitative estimate of drug-likeness (QED) is 0.524. The highest BCUT2D eigenvalue weighted by Gasteiger charge is 2.08. The smallest absolute Gasteiger partial charge is 0.338 e. The van der Waals surface area contributed by atoms with Crippen molar-refractivity contribution in [2.45, 2.75) is 13.8 Å². The lowest BCUT2D eigenvalue weighted by molar-refractivity contribution is -0.111. The van der Waals surface area contributed by atoms with Gasteiger partial charge in [0.2, 0.25) is 5.91 Å². The molecular weight excluding hydrogens is 398 g/mol. The number of hydrogen-bond acceptors (Lipinski definition) is 4. The van der Waals surface area contributed by atoms with E-state index >= 15 is 0 Å². The van der Waals surface area contributed by atoms with Crippen molar-refractivity contribution in [2.75, 3.05) is 18.5 Å². The van der Waals surface area contributed by atoms with Crippen LogP contribution in [0.1, 0.15) is 29.8 Å². The van der Waals surface area contributed by atoms with Crippen LogP contribution in [0.5, 0.6) is 5.75 Å². The Kier molecular flexibility index (Phi) is 7.41. The number of carbonyl (C=O) groups excluding carboxylic acids is 2. The van der Waals surface area contributed by atoms with Crippen LogP contribution in [0.4, 0.5) is 5.69 Å². The van der Waals surface area contributed by atoms with Crippen LogP contribution < -0.4 is 10.1 Å². The minimum Gasteiger partial charge on any atom is -0.493 e. The van der Waals surface area contributed by atoms with Crippen LogP contribution in [0.2, 0.25) is 0 Å². The number of amides is 1. The summed E-state index contributed by atoms with van der Waals surface area (Å²) in [6, 6.07) is 12.2. The lowest BCUT2D eigenvalue weighted by Crippen LogP contribution is -2.10. The number of nitrogens with one attached hydrogen (secondary N) is 1. The van der Waals surface area contributed by atoms with Crippen LogP contribution in [-0.4, -0.2) is 25.1 Å². The molecule has 1 amide bonds. The fraction of sp³-hybridized carbons (Fsp3) is 0.200. The zero-order chi connectivity index (χ0) is 18.9. The Morgan fingerprint density at radius 2 is 1.92 bits per heavy atom. The fourth-order valence-corrected chi connectivity index (χ4v) is 2.60. The fourth-order valence-electron chi connectivity index (χ4n) is 2.22. The van der Waals surface area contributed by atoms with Crippen molar-refractivity contribution < 1.29 is 19.1 Å². The molecule has 2 aromatic rings. The van der Waals surface area contributed by atoms with E-state index in [0.29, 0.717) is 30.2 Å². The van der Waals surface area contributed by atoms with Gasteiger partial charge >= 0.3 is 5.97 Å². The number of halogens is 1. The summed E-state index contributed by atoms with van der Waals surface area (Å²) in [5.74, 6) is -0.0351. The Hall–Kier alpha value is -2.60. The van der Waals surface area contributed by atoms with Gasteiger partial charge in [0.05, 0.1) is 18.8 Å². The summed E-state index contributed by atoms with van der Waals surface area (Å²) < 4.78 is 11.4. The molecular formula is C20H20BrNO4. The Balaban J connectivity index is 2.09. The molecule has 2 rings (SSSR count). The first-order chi connectivity index (χ1) is 12.5. The first kappa shape index (κ1) is 19.7. The molecule has 5 nitrogen and oxygen atoms in total. The molecule has 0 aliphatic rings. The zero-order valence-corrected chi connectivity index (χ0v) is 16.2. The number of rotatable bonds is 7. The molecule has 0 aliphatic carbocycles. The molecule has 0 atom stereocenters. The Morgan fingerprint density at radius 3 is 2.65 bits per heavy atom. The van der Waals surface area contributed by atoms with E-state index in [2.05, 4.69) is 21.2 Å². The van der Waals surface area contributed by atoms with E-state index in [1.165, 1.54) is 6.08 Å². The van der Waals surface area contributed by atoms with Crippen molar-refractivity contribution in [2.24, 2.45) is 0 Å². The molecule has 26 heavy (non-hydrogen) atoms. The highest BCUT2D eigenvalue weighted by Crippen LogP contribution is 2.24. The Morgan fingerprint density at radius 1 is 1.12 bits per heavy atom. The second-order valence-electron chi connectivity index (χ2n) is 5.24. The third kappa shape index (κ3) is 5.74. The number of carbonyl (C=O) groups is 2. The Bertz CT molecular complexity index is 817. The maximum absolute atomic E-state index is 12.2. The van der Waals surface area contributed by atoms with Crippen molar-refractivity contribution in [3.8, 4) is 5.75 Å². The van der Waals surface area contributed by atoms with E-state index in [0.717, 1.165) is 10.0 Å². The summed E-state index contributed by atoms with van der Waals surface area (Å²) in [6.07, 6.45) is 3.10. The van der Waals surface area contributed by atoms with Crippen LogP contribution in [0.15, 0.2) is 53.0 Å². The van der Waals surface area contributed by atoms with E-state index in [4.69, 9.17) is 9.47 Å².